The summed E-state index contributed by atoms with van der Waals surface area (Å²) in [6.45, 7) is 18.5. The van der Waals surface area contributed by atoms with Crippen LogP contribution in [0.15, 0.2) is 0 Å². The topological polar surface area (TPSA) is 12.0 Å². The van der Waals surface area contributed by atoms with Crippen LogP contribution in [-0.4, -0.2) is 12.6 Å². The van der Waals surface area contributed by atoms with Gasteiger partial charge in [0.1, 0.15) is 0 Å². The van der Waals surface area contributed by atoms with Crippen LogP contribution in [0.25, 0.3) is 0 Å². The minimum absolute atomic E-state index is 0.255. The van der Waals surface area contributed by atoms with E-state index in [9.17, 15) is 0 Å². The first-order valence-corrected chi connectivity index (χ1v) is 8.77. The fourth-order valence-electron chi connectivity index (χ4n) is 3.81. The van der Waals surface area contributed by atoms with Crippen LogP contribution < -0.4 is 5.32 Å². The number of hydrogen-bond acceptors (Lipinski definition) is 1. The fraction of sp³-hybridized carbons (Fsp3) is 1.00. The largest absolute Gasteiger partial charge is 0.315 e. The maximum atomic E-state index is 3.47. The lowest BCUT2D eigenvalue weighted by Gasteiger charge is -2.40. The first kappa shape index (κ1) is 20.0. The highest BCUT2D eigenvalue weighted by molar-refractivity contribution is 4.90. The third kappa shape index (κ3) is 6.61. The molecule has 1 nitrogen and oxygen atoms in total. The molecule has 1 saturated carbocycles. The predicted octanol–water partition coefficient (Wildman–Crippen LogP) is 6.03. The smallest absolute Gasteiger partial charge is 0.0127 e. The number of rotatable bonds is 4. The van der Waals surface area contributed by atoms with Crippen molar-refractivity contribution in [3.05, 3.63) is 0 Å². The molecule has 0 bridgehead atoms. The summed E-state index contributed by atoms with van der Waals surface area (Å²) in [6.07, 6.45) is 8.34. The van der Waals surface area contributed by atoms with E-state index in [0.717, 1.165) is 5.92 Å². The molecule has 122 valence electrons. The van der Waals surface area contributed by atoms with Gasteiger partial charge in [-0.25, -0.2) is 0 Å². The Morgan fingerprint density at radius 3 is 2.05 bits per heavy atom. The van der Waals surface area contributed by atoms with Gasteiger partial charge in [0, 0.05) is 5.54 Å². The molecule has 1 heteroatoms. The predicted molar refractivity (Wildman–Crippen MR) is 93.2 cm³/mol. The van der Waals surface area contributed by atoms with Crippen molar-refractivity contribution in [2.24, 2.45) is 16.7 Å². The van der Waals surface area contributed by atoms with E-state index in [2.05, 4.69) is 53.9 Å². The normalized spacial score (nSPS) is 23.6. The van der Waals surface area contributed by atoms with E-state index in [1.165, 1.54) is 38.5 Å². The quantitative estimate of drug-likeness (QED) is 0.621. The Bertz CT molecular complexity index is 263. The molecule has 0 amide bonds. The zero-order valence-corrected chi connectivity index (χ0v) is 15.8. The molecule has 1 rings (SSSR count). The van der Waals surface area contributed by atoms with Crippen LogP contribution in [0.2, 0.25) is 0 Å². The Labute approximate surface area is 129 Å². The highest BCUT2D eigenvalue weighted by atomic mass is 14.9. The molecule has 1 aliphatic rings. The van der Waals surface area contributed by atoms with E-state index in [-0.39, 0.29) is 5.54 Å². The lowest BCUT2D eigenvalue weighted by Crippen LogP contribution is -2.42. The van der Waals surface area contributed by atoms with Crippen molar-refractivity contribution in [2.75, 3.05) is 7.05 Å². The molecule has 1 aliphatic carbocycles. The molecule has 1 fully saturated rings. The molecule has 1 unspecified atom stereocenters. The van der Waals surface area contributed by atoms with Gasteiger partial charge in [-0.2, -0.15) is 0 Å². The Morgan fingerprint density at radius 1 is 1.00 bits per heavy atom. The van der Waals surface area contributed by atoms with Crippen molar-refractivity contribution in [3.8, 4) is 0 Å². The maximum absolute atomic E-state index is 3.47. The summed E-state index contributed by atoms with van der Waals surface area (Å²) in [4.78, 5) is 0. The molecule has 0 spiro atoms. The van der Waals surface area contributed by atoms with Crippen molar-refractivity contribution < 1.29 is 0 Å². The van der Waals surface area contributed by atoms with Crippen LogP contribution >= 0.6 is 0 Å². The molecule has 0 heterocycles. The molecule has 20 heavy (non-hydrogen) atoms. The maximum Gasteiger partial charge on any atom is 0.0127 e. The van der Waals surface area contributed by atoms with Crippen molar-refractivity contribution in [1.29, 1.82) is 0 Å². The molecule has 0 aliphatic heterocycles. The van der Waals surface area contributed by atoms with Gasteiger partial charge in [0.25, 0.3) is 0 Å². The summed E-state index contributed by atoms with van der Waals surface area (Å²) in [7, 11) is 2.09. The summed E-state index contributed by atoms with van der Waals surface area (Å²) >= 11 is 0. The van der Waals surface area contributed by atoms with Crippen molar-refractivity contribution >= 4 is 0 Å². The van der Waals surface area contributed by atoms with Gasteiger partial charge >= 0.3 is 0 Å². The SMILES string of the molecule is CC.CNC(C)(C)CC(C)(C)C1CCCC(C)(C)CC1. The van der Waals surface area contributed by atoms with Gasteiger partial charge in [0.2, 0.25) is 0 Å². The van der Waals surface area contributed by atoms with E-state index >= 15 is 0 Å². The molecule has 0 aromatic heterocycles. The van der Waals surface area contributed by atoms with Crippen molar-refractivity contribution in [2.45, 2.75) is 99.5 Å². The Balaban J connectivity index is 0.00000172. The summed E-state index contributed by atoms with van der Waals surface area (Å²) in [5.41, 5.74) is 1.28. The highest BCUT2D eigenvalue weighted by Gasteiger charge is 2.36. The first-order chi connectivity index (χ1) is 9.08. The van der Waals surface area contributed by atoms with Gasteiger partial charge < -0.3 is 5.32 Å². The third-order valence-electron chi connectivity index (χ3n) is 5.26. The zero-order chi connectivity index (χ0) is 16.0. The van der Waals surface area contributed by atoms with Crippen molar-refractivity contribution in [1.82, 2.24) is 5.32 Å². The van der Waals surface area contributed by atoms with E-state index in [0.29, 0.717) is 10.8 Å². The van der Waals surface area contributed by atoms with E-state index in [4.69, 9.17) is 0 Å². The third-order valence-corrected chi connectivity index (χ3v) is 5.26. The lowest BCUT2D eigenvalue weighted by molar-refractivity contribution is 0.127. The summed E-state index contributed by atoms with van der Waals surface area (Å²) in [6, 6.07) is 0. The monoisotopic (exact) mass is 283 g/mol. The molecule has 0 aromatic carbocycles. The zero-order valence-electron chi connectivity index (χ0n) is 15.8. The van der Waals surface area contributed by atoms with Gasteiger partial charge in [-0.3, -0.25) is 0 Å². The van der Waals surface area contributed by atoms with Gasteiger partial charge in [-0.15, -0.1) is 0 Å². The van der Waals surface area contributed by atoms with E-state index in [1.54, 1.807) is 0 Å². The Hall–Kier alpha value is -0.0400. The second kappa shape index (κ2) is 7.82. The summed E-state index contributed by atoms with van der Waals surface area (Å²) in [5, 5.41) is 3.47. The number of nitrogens with one attached hydrogen (secondary N) is 1. The minimum atomic E-state index is 0.255. The van der Waals surface area contributed by atoms with E-state index < -0.39 is 0 Å². The molecule has 1 atom stereocenters. The summed E-state index contributed by atoms with van der Waals surface area (Å²) < 4.78 is 0. The average Bonchev–Trinajstić information content (AvgIpc) is 2.52. The van der Waals surface area contributed by atoms with E-state index in [1.807, 2.05) is 13.8 Å². The molecule has 0 saturated heterocycles. The Kier molecular flexibility index (Phi) is 7.81. The average molecular weight is 284 g/mol. The molecule has 1 N–H and O–H groups in total. The molecule has 0 aromatic rings. The molecule has 0 radical (unpaired) electrons. The second-order valence-electron chi connectivity index (χ2n) is 8.59. The minimum Gasteiger partial charge on any atom is -0.315 e. The first-order valence-electron chi connectivity index (χ1n) is 8.77. The Morgan fingerprint density at radius 2 is 1.55 bits per heavy atom. The van der Waals surface area contributed by atoms with Gasteiger partial charge in [-0.05, 0) is 69.7 Å². The van der Waals surface area contributed by atoms with Crippen LogP contribution in [0.1, 0.15) is 93.9 Å². The van der Waals surface area contributed by atoms with Crippen LogP contribution in [0.3, 0.4) is 0 Å². The highest BCUT2D eigenvalue weighted by Crippen LogP contribution is 2.45. The van der Waals surface area contributed by atoms with Gasteiger partial charge in [-0.1, -0.05) is 48.0 Å². The molecular formula is C19H41N. The second-order valence-corrected chi connectivity index (χ2v) is 8.59. The van der Waals surface area contributed by atoms with Crippen LogP contribution in [0.5, 0.6) is 0 Å². The standard InChI is InChI=1S/C17H35N.C2H6/c1-15(2)11-8-9-14(10-12-15)16(3,4)13-17(5,6)18-7;1-2/h14,18H,8-13H2,1-7H3;1-2H3. The van der Waals surface area contributed by atoms with Crippen molar-refractivity contribution in [3.63, 3.8) is 0 Å². The summed E-state index contributed by atoms with van der Waals surface area (Å²) in [5.74, 6) is 0.895. The van der Waals surface area contributed by atoms with Crippen LogP contribution in [-0.2, 0) is 0 Å². The van der Waals surface area contributed by atoms with Gasteiger partial charge in [0.15, 0.2) is 0 Å². The molecular weight excluding hydrogens is 242 g/mol. The fourth-order valence-corrected chi connectivity index (χ4v) is 3.81. The van der Waals surface area contributed by atoms with Crippen LogP contribution in [0, 0.1) is 16.7 Å². The van der Waals surface area contributed by atoms with Crippen LogP contribution in [0.4, 0.5) is 0 Å². The van der Waals surface area contributed by atoms with Gasteiger partial charge in [0.05, 0.1) is 0 Å². The lowest BCUT2D eigenvalue weighted by atomic mass is 9.68. The number of hydrogen-bond donors (Lipinski definition) is 1.